The summed E-state index contributed by atoms with van der Waals surface area (Å²) in [6.45, 7) is 3.03. The Labute approximate surface area is 122 Å². The second kappa shape index (κ2) is 4.91. The number of fused-ring (bicyclic) bond motifs is 1. The minimum absolute atomic E-state index is 0.0228. The molecule has 0 radical (unpaired) electrons. The lowest BCUT2D eigenvalue weighted by molar-refractivity contribution is -0.0960. The minimum Gasteiger partial charge on any atom is -0.390 e. The van der Waals surface area contributed by atoms with Crippen LogP contribution in [-0.2, 0) is 0 Å². The maximum atomic E-state index is 12.2. The van der Waals surface area contributed by atoms with Gasteiger partial charge in [0, 0.05) is 19.6 Å². The first-order valence-electron chi connectivity index (χ1n) is 6.95. The van der Waals surface area contributed by atoms with E-state index in [1.165, 1.54) is 0 Å². The highest BCUT2D eigenvalue weighted by Gasteiger charge is 2.39. The molecule has 1 unspecified atom stereocenters. The summed E-state index contributed by atoms with van der Waals surface area (Å²) in [5.74, 6) is -0.712. The molecule has 2 heterocycles. The molecule has 2 amide bonds. The molecular weight excluding hydrogens is 272 g/mol. The number of aliphatic hydroxyl groups excluding tert-OH is 1. The number of rotatable bonds is 4. The third-order valence-corrected chi connectivity index (χ3v) is 3.87. The Balaban J connectivity index is 1.61. The smallest absolute Gasteiger partial charge is 0.261 e. The predicted octanol–water partition coefficient (Wildman–Crippen LogP) is -0.290. The molecule has 1 saturated heterocycles. The van der Waals surface area contributed by atoms with Gasteiger partial charge in [0.05, 0.1) is 29.4 Å². The third kappa shape index (κ3) is 2.57. The summed E-state index contributed by atoms with van der Waals surface area (Å²) >= 11 is 0. The molecule has 1 atom stereocenters. The summed E-state index contributed by atoms with van der Waals surface area (Å²) in [5, 5.41) is 19.7. The van der Waals surface area contributed by atoms with Crippen LogP contribution in [0.15, 0.2) is 24.3 Å². The molecule has 1 aromatic carbocycles. The van der Waals surface area contributed by atoms with Gasteiger partial charge in [-0.15, -0.1) is 0 Å². The van der Waals surface area contributed by atoms with Crippen LogP contribution < -0.4 is 0 Å². The monoisotopic (exact) mass is 290 g/mol. The van der Waals surface area contributed by atoms with Crippen molar-refractivity contribution in [2.75, 3.05) is 26.2 Å². The lowest BCUT2D eigenvalue weighted by Crippen LogP contribution is -2.61. The number of carbonyl (C=O) groups is 2. The molecule has 21 heavy (non-hydrogen) atoms. The van der Waals surface area contributed by atoms with Crippen LogP contribution in [0, 0.1) is 0 Å². The molecule has 3 rings (SSSR count). The number of likely N-dealkylation sites (tertiary alicyclic amines) is 1. The molecule has 6 nitrogen and oxygen atoms in total. The van der Waals surface area contributed by atoms with E-state index in [1.54, 1.807) is 31.2 Å². The molecule has 2 aliphatic rings. The molecule has 0 saturated carbocycles. The first-order valence-corrected chi connectivity index (χ1v) is 6.95. The van der Waals surface area contributed by atoms with E-state index in [0.29, 0.717) is 30.8 Å². The second-order valence-corrected chi connectivity index (χ2v) is 6.09. The van der Waals surface area contributed by atoms with E-state index in [1.807, 2.05) is 4.90 Å². The Hall–Kier alpha value is -1.76. The Morgan fingerprint density at radius 1 is 1.14 bits per heavy atom. The molecule has 0 bridgehead atoms. The molecular formula is C15H18N2O4. The van der Waals surface area contributed by atoms with Crippen molar-refractivity contribution in [2.45, 2.75) is 18.6 Å². The van der Waals surface area contributed by atoms with Gasteiger partial charge in [-0.1, -0.05) is 12.1 Å². The molecule has 0 aromatic heterocycles. The van der Waals surface area contributed by atoms with E-state index in [0.717, 1.165) is 4.90 Å². The number of amides is 2. The number of carbonyl (C=O) groups excluding carboxylic acids is 2. The van der Waals surface area contributed by atoms with Gasteiger partial charge in [-0.3, -0.25) is 19.4 Å². The quantitative estimate of drug-likeness (QED) is 0.745. The Kier molecular flexibility index (Phi) is 3.32. The molecule has 0 spiro atoms. The van der Waals surface area contributed by atoms with Gasteiger partial charge in [-0.25, -0.2) is 0 Å². The Bertz CT molecular complexity index is 556. The van der Waals surface area contributed by atoms with E-state index >= 15 is 0 Å². The first kappa shape index (κ1) is 14.2. The van der Waals surface area contributed by atoms with Crippen molar-refractivity contribution in [2.24, 2.45) is 0 Å². The number of imide groups is 1. The Morgan fingerprint density at radius 2 is 1.67 bits per heavy atom. The lowest BCUT2D eigenvalue weighted by atomic mass is 9.96. The van der Waals surface area contributed by atoms with Crippen molar-refractivity contribution < 1.29 is 19.8 Å². The first-order chi connectivity index (χ1) is 9.87. The summed E-state index contributed by atoms with van der Waals surface area (Å²) in [5.41, 5.74) is 0.0815. The average Bonchev–Trinajstić information content (AvgIpc) is 2.63. The summed E-state index contributed by atoms with van der Waals surface area (Å²) in [6, 6.07) is 6.67. The van der Waals surface area contributed by atoms with E-state index < -0.39 is 11.7 Å². The van der Waals surface area contributed by atoms with E-state index in [2.05, 4.69) is 0 Å². The van der Waals surface area contributed by atoms with E-state index in [-0.39, 0.29) is 18.4 Å². The molecule has 1 fully saturated rings. The van der Waals surface area contributed by atoms with Crippen LogP contribution in [0.4, 0.5) is 0 Å². The van der Waals surface area contributed by atoms with Crippen LogP contribution >= 0.6 is 0 Å². The number of hydrogen-bond acceptors (Lipinski definition) is 5. The number of hydrogen-bond donors (Lipinski definition) is 2. The van der Waals surface area contributed by atoms with Crippen LogP contribution in [0.3, 0.4) is 0 Å². The third-order valence-electron chi connectivity index (χ3n) is 3.87. The number of benzene rings is 1. The van der Waals surface area contributed by atoms with Crippen molar-refractivity contribution in [1.82, 2.24) is 9.80 Å². The fourth-order valence-electron chi connectivity index (χ4n) is 3.02. The molecule has 6 heteroatoms. The fraction of sp³-hybridized carbons (Fsp3) is 0.467. The van der Waals surface area contributed by atoms with Crippen molar-refractivity contribution in [3.63, 3.8) is 0 Å². The number of aliphatic hydroxyl groups is 2. The maximum absolute atomic E-state index is 12.2. The van der Waals surface area contributed by atoms with Crippen molar-refractivity contribution in [3.05, 3.63) is 35.4 Å². The molecule has 0 aliphatic carbocycles. The van der Waals surface area contributed by atoms with Crippen LogP contribution in [-0.4, -0.2) is 69.7 Å². The molecule has 2 N–H and O–H groups in total. The van der Waals surface area contributed by atoms with Gasteiger partial charge in [0.2, 0.25) is 0 Å². The summed E-state index contributed by atoms with van der Waals surface area (Å²) < 4.78 is 0. The summed E-state index contributed by atoms with van der Waals surface area (Å²) in [7, 11) is 0. The average molecular weight is 290 g/mol. The predicted molar refractivity (Wildman–Crippen MR) is 74.9 cm³/mol. The van der Waals surface area contributed by atoms with Crippen LogP contribution in [0.5, 0.6) is 0 Å². The molecule has 112 valence electrons. The van der Waals surface area contributed by atoms with E-state index in [4.69, 9.17) is 0 Å². The van der Waals surface area contributed by atoms with Crippen molar-refractivity contribution in [3.8, 4) is 0 Å². The van der Waals surface area contributed by atoms with Gasteiger partial charge >= 0.3 is 0 Å². The largest absolute Gasteiger partial charge is 0.390 e. The maximum Gasteiger partial charge on any atom is 0.261 e. The molecule has 2 aliphatic heterocycles. The SMILES string of the molecule is CC1(O)CN(CC(O)CN2C(=O)c3ccccc3C2=O)C1. The van der Waals surface area contributed by atoms with Gasteiger partial charge in [0.15, 0.2) is 0 Å². The second-order valence-electron chi connectivity index (χ2n) is 6.09. The summed E-state index contributed by atoms with van der Waals surface area (Å²) in [4.78, 5) is 27.3. The van der Waals surface area contributed by atoms with Gasteiger partial charge in [-0.05, 0) is 19.1 Å². The lowest BCUT2D eigenvalue weighted by Gasteiger charge is -2.45. The highest BCUT2D eigenvalue weighted by molar-refractivity contribution is 6.21. The van der Waals surface area contributed by atoms with Crippen LogP contribution in [0.2, 0.25) is 0 Å². The highest BCUT2D eigenvalue weighted by atomic mass is 16.3. The van der Waals surface area contributed by atoms with Gasteiger partial charge in [0.25, 0.3) is 11.8 Å². The summed E-state index contributed by atoms with van der Waals surface area (Å²) in [6.07, 6.45) is -0.816. The fourth-order valence-corrected chi connectivity index (χ4v) is 3.02. The Morgan fingerprint density at radius 3 is 2.14 bits per heavy atom. The highest BCUT2D eigenvalue weighted by Crippen LogP contribution is 2.23. The normalized spacial score (nSPS) is 22.1. The number of β-amino-alcohol motifs (C(OH)–C–C–N with tert-alkyl or cyclic N) is 2. The van der Waals surface area contributed by atoms with Crippen molar-refractivity contribution >= 4 is 11.8 Å². The van der Waals surface area contributed by atoms with Crippen molar-refractivity contribution in [1.29, 1.82) is 0 Å². The van der Waals surface area contributed by atoms with Crippen LogP contribution in [0.25, 0.3) is 0 Å². The van der Waals surface area contributed by atoms with Gasteiger partial charge in [0.1, 0.15) is 0 Å². The van der Waals surface area contributed by atoms with E-state index in [9.17, 15) is 19.8 Å². The number of nitrogens with zero attached hydrogens (tertiary/aromatic N) is 2. The zero-order valence-electron chi connectivity index (χ0n) is 11.8. The topological polar surface area (TPSA) is 81.1 Å². The van der Waals surface area contributed by atoms with Crippen LogP contribution in [0.1, 0.15) is 27.6 Å². The van der Waals surface area contributed by atoms with Gasteiger partial charge in [-0.2, -0.15) is 0 Å². The molecule has 1 aromatic rings. The zero-order valence-corrected chi connectivity index (χ0v) is 11.8. The standard InChI is InChI=1S/C15H18N2O4/c1-15(21)8-16(9-15)6-10(18)7-17-13(19)11-4-2-3-5-12(11)14(17)20/h2-5,10,18,21H,6-9H2,1H3. The van der Waals surface area contributed by atoms with Gasteiger partial charge < -0.3 is 10.2 Å². The minimum atomic E-state index is -0.816. The zero-order chi connectivity index (χ0) is 15.2.